The fourth-order valence-electron chi connectivity index (χ4n) is 4.18. The van der Waals surface area contributed by atoms with Gasteiger partial charge < -0.3 is 14.0 Å². The molecule has 0 aliphatic heterocycles. The van der Waals surface area contributed by atoms with E-state index in [1.807, 2.05) is 84.5 Å². The molecule has 0 saturated heterocycles. The Hall–Kier alpha value is -3.05. The third kappa shape index (κ3) is 3.10. The van der Waals surface area contributed by atoms with Crippen LogP contribution < -0.4 is 4.74 Å². The van der Waals surface area contributed by atoms with Crippen molar-refractivity contribution in [1.29, 1.82) is 0 Å². The maximum absolute atomic E-state index is 13.7. The fourth-order valence-corrected chi connectivity index (χ4v) is 4.53. The van der Waals surface area contributed by atoms with Gasteiger partial charge in [-0.2, -0.15) is 0 Å². The predicted molar refractivity (Wildman–Crippen MR) is 122 cm³/mol. The smallest absolute Gasteiger partial charge is 0.325 e. The number of carbonyl (C=O) groups is 1. The first-order valence-corrected chi connectivity index (χ1v) is 10.3. The van der Waals surface area contributed by atoms with Crippen molar-refractivity contribution in [1.82, 2.24) is 4.57 Å². The molecule has 1 aromatic heterocycles. The molecule has 0 radical (unpaired) electrons. The van der Waals surface area contributed by atoms with E-state index in [1.165, 1.54) is 7.11 Å². The summed E-state index contributed by atoms with van der Waals surface area (Å²) in [5.74, 6) is 0.331. The molecule has 152 valence electrons. The van der Waals surface area contributed by atoms with Crippen LogP contribution in [0.1, 0.15) is 16.7 Å². The summed E-state index contributed by atoms with van der Waals surface area (Å²) in [6.45, 7) is 0. The number of ether oxygens (including phenoxy) is 2. The highest BCUT2D eigenvalue weighted by atomic mass is 79.9. The maximum atomic E-state index is 13.7. The molecule has 4 rings (SSSR count). The van der Waals surface area contributed by atoms with Gasteiger partial charge in [0.1, 0.15) is 11.2 Å². The van der Waals surface area contributed by atoms with Crippen molar-refractivity contribution in [2.75, 3.05) is 14.2 Å². The van der Waals surface area contributed by atoms with Gasteiger partial charge in [0, 0.05) is 34.2 Å². The molecule has 4 aromatic rings. The summed E-state index contributed by atoms with van der Waals surface area (Å²) in [6, 6.07) is 23.5. The van der Waals surface area contributed by atoms with Crippen molar-refractivity contribution in [2.45, 2.75) is 5.41 Å². The lowest BCUT2D eigenvalue weighted by molar-refractivity contribution is -0.144. The van der Waals surface area contributed by atoms with E-state index < -0.39 is 5.41 Å². The second kappa shape index (κ2) is 8.00. The van der Waals surface area contributed by atoms with Crippen LogP contribution in [0, 0.1) is 0 Å². The van der Waals surface area contributed by atoms with Crippen LogP contribution in [-0.2, 0) is 22.0 Å². The normalized spacial score (nSPS) is 13.1. The number of aromatic nitrogens is 1. The van der Waals surface area contributed by atoms with Crippen LogP contribution in [0.3, 0.4) is 0 Å². The Balaban J connectivity index is 2.17. The molecule has 5 heteroatoms. The first kappa shape index (κ1) is 20.2. The molecule has 0 aliphatic carbocycles. The Kier molecular flexibility index (Phi) is 5.39. The molecule has 0 amide bonds. The number of halogens is 1. The highest BCUT2D eigenvalue weighted by Gasteiger charge is 2.47. The minimum atomic E-state index is -1.15. The highest BCUT2D eigenvalue weighted by Crippen LogP contribution is 2.45. The molecule has 30 heavy (non-hydrogen) atoms. The summed E-state index contributed by atoms with van der Waals surface area (Å²) in [6.07, 6.45) is 2.01. The molecule has 0 saturated carbocycles. The van der Waals surface area contributed by atoms with Gasteiger partial charge in [0.2, 0.25) is 0 Å². The number of hydrogen-bond donors (Lipinski definition) is 0. The van der Waals surface area contributed by atoms with Crippen LogP contribution >= 0.6 is 15.9 Å². The number of fused-ring (bicyclic) bond motifs is 1. The van der Waals surface area contributed by atoms with Gasteiger partial charge in [0.25, 0.3) is 0 Å². The monoisotopic (exact) mass is 463 g/mol. The first-order chi connectivity index (χ1) is 14.5. The van der Waals surface area contributed by atoms with Crippen molar-refractivity contribution in [3.63, 3.8) is 0 Å². The number of benzene rings is 3. The number of rotatable bonds is 5. The summed E-state index contributed by atoms with van der Waals surface area (Å²) in [4.78, 5) is 13.7. The van der Waals surface area contributed by atoms with Gasteiger partial charge in [-0.3, -0.25) is 4.79 Å². The zero-order chi connectivity index (χ0) is 21.3. The lowest BCUT2D eigenvalue weighted by Crippen LogP contribution is -2.39. The summed E-state index contributed by atoms with van der Waals surface area (Å²) >= 11 is 3.56. The van der Waals surface area contributed by atoms with Gasteiger partial charge in [0.15, 0.2) is 0 Å². The van der Waals surface area contributed by atoms with E-state index in [1.54, 1.807) is 7.11 Å². The third-order valence-electron chi connectivity index (χ3n) is 5.56. The molecule has 0 spiro atoms. The number of aryl methyl sites for hydroxylation is 1. The van der Waals surface area contributed by atoms with Crippen LogP contribution in [0.2, 0.25) is 0 Å². The molecule has 1 unspecified atom stereocenters. The Labute approximate surface area is 184 Å². The maximum Gasteiger partial charge on any atom is 0.325 e. The predicted octanol–water partition coefficient (Wildman–Crippen LogP) is 5.46. The van der Waals surface area contributed by atoms with Crippen LogP contribution in [0.15, 0.2) is 83.5 Å². The van der Waals surface area contributed by atoms with Crippen molar-refractivity contribution in [3.05, 3.63) is 100 Å². The molecular formula is C25H22BrNO3. The van der Waals surface area contributed by atoms with E-state index >= 15 is 0 Å². The Bertz CT molecular complexity index is 1220. The highest BCUT2D eigenvalue weighted by molar-refractivity contribution is 9.10. The lowest BCUT2D eigenvalue weighted by atomic mass is 9.69. The van der Waals surface area contributed by atoms with E-state index in [9.17, 15) is 4.79 Å². The van der Waals surface area contributed by atoms with Gasteiger partial charge >= 0.3 is 5.97 Å². The number of carbonyl (C=O) groups excluding carboxylic acids is 1. The quantitative estimate of drug-likeness (QED) is 0.369. The second-order valence-electron chi connectivity index (χ2n) is 7.15. The summed E-state index contributed by atoms with van der Waals surface area (Å²) in [5, 5.41) is 0.984. The lowest BCUT2D eigenvalue weighted by Gasteiger charge is -2.32. The van der Waals surface area contributed by atoms with Crippen LogP contribution in [0.5, 0.6) is 5.75 Å². The molecule has 4 nitrogen and oxygen atoms in total. The average molecular weight is 464 g/mol. The molecule has 1 atom stereocenters. The Morgan fingerprint density at radius 2 is 1.67 bits per heavy atom. The van der Waals surface area contributed by atoms with Crippen molar-refractivity contribution in [3.8, 4) is 5.75 Å². The van der Waals surface area contributed by atoms with Gasteiger partial charge in [-0.1, -0.05) is 64.5 Å². The van der Waals surface area contributed by atoms with E-state index in [-0.39, 0.29) is 5.97 Å². The number of nitrogens with zero attached hydrogens (tertiary/aromatic N) is 1. The van der Waals surface area contributed by atoms with E-state index in [4.69, 9.17) is 9.47 Å². The fraction of sp³-hybridized carbons (Fsp3) is 0.160. The zero-order valence-corrected chi connectivity index (χ0v) is 18.6. The van der Waals surface area contributed by atoms with Gasteiger partial charge in [-0.25, -0.2) is 0 Å². The molecule has 3 aromatic carbocycles. The Morgan fingerprint density at radius 1 is 0.933 bits per heavy atom. The SMILES string of the molecule is COC(=O)C(c1ccccc1)(c1cccc(OC)c1)c1cn(C)c2cc(Br)ccc12. The van der Waals surface area contributed by atoms with E-state index in [0.717, 1.165) is 32.1 Å². The van der Waals surface area contributed by atoms with Crippen LogP contribution in [0.25, 0.3) is 10.9 Å². The molecule has 0 aliphatic rings. The van der Waals surface area contributed by atoms with Crippen molar-refractivity contribution < 1.29 is 14.3 Å². The summed E-state index contributed by atoms with van der Waals surface area (Å²) in [7, 11) is 5.04. The number of hydrogen-bond acceptors (Lipinski definition) is 3. The first-order valence-electron chi connectivity index (χ1n) is 9.56. The van der Waals surface area contributed by atoms with Gasteiger partial charge in [0.05, 0.1) is 14.2 Å². The molecule has 0 bridgehead atoms. The zero-order valence-electron chi connectivity index (χ0n) is 17.1. The van der Waals surface area contributed by atoms with E-state index in [2.05, 4.69) is 22.0 Å². The van der Waals surface area contributed by atoms with Crippen molar-refractivity contribution >= 4 is 32.8 Å². The largest absolute Gasteiger partial charge is 0.497 e. The average Bonchev–Trinajstić information content (AvgIpc) is 3.11. The number of methoxy groups -OCH3 is 2. The standard InChI is InChI=1S/C25H22BrNO3/c1-27-16-22(21-13-12-19(26)15-23(21)27)25(24(28)30-3,17-8-5-4-6-9-17)18-10-7-11-20(14-18)29-2/h4-16H,1-3H3. The van der Waals surface area contributed by atoms with Crippen molar-refractivity contribution in [2.24, 2.45) is 7.05 Å². The van der Waals surface area contributed by atoms with Crippen LogP contribution in [0.4, 0.5) is 0 Å². The van der Waals surface area contributed by atoms with Gasteiger partial charge in [-0.15, -0.1) is 0 Å². The van der Waals surface area contributed by atoms with Gasteiger partial charge in [-0.05, 0) is 35.4 Å². The molecule has 0 N–H and O–H groups in total. The Morgan fingerprint density at radius 3 is 2.37 bits per heavy atom. The number of esters is 1. The molecular weight excluding hydrogens is 442 g/mol. The topological polar surface area (TPSA) is 40.5 Å². The summed E-state index contributed by atoms with van der Waals surface area (Å²) < 4.78 is 13.9. The molecule has 0 fully saturated rings. The minimum Gasteiger partial charge on any atom is -0.497 e. The van der Waals surface area contributed by atoms with Crippen LogP contribution in [-0.4, -0.2) is 24.8 Å². The second-order valence-corrected chi connectivity index (χ2v) is 8.07. The minimum absolute atomic E-state index is 0.350. The third-order valence-corrected chi connectivity index (χ3v) is 6.05. The molecule has 1 heterocycles. The van der Waals surface area contributed by atoms with E-state index in [0.29, 0.717) is 5.75 Å². The summed E-state index contributed by atoms with van der Waals surface area (Å²) in [5.41, 5.74) is 2.35.